The molecule has 1 fully saturated rings. The molecule has 0 aromatic heterocycles. The predicted molar refractivity (Wildman–Crippen MR) is 112 cm³/mol. The second-order valence-electron chi connectivity index (χ2n) is 6.17. The van der Waals surface area contributed by atoms with E-state index in [0.717, 1.165) is 23.6 Å². The summed E-state index contributed by atoms with van der Waals surface area (Å²) in [6.07, 6.45) is 0.856. The average Bonchev–Trinajstić information content (AvgIpc) is 3.15. The Bertz CT molecular complexity index is 839. The van der Waals surface area contributed by atoms with E-state index < -0.39 is 0 Å². The van der Waals surface area contributed by atoms with Crippen LogP contribution in [0, 0.1) is 0 Å². The average molecular weight is 401 g/mol. The van der Waals surface area contributed by atoms with Crippen LogP contribution in [0.25, 0.3) is 0 Å². The zero-order valence-electron chi connectivity index (χ0n) is 16.3. The highest BCUT2D eigenvalue weighted by Gasteiger charge is 2.34. The lowest BCUT2D eigenvalue weighted by molar-refractivity contribution is -0.130. The summed E-state index contributed by atoms with van der Waals surface area (Å²) in [7, 11) is 3.20. The number of rotatable bonds is 7. The maximum Gasteiger partial charge on any atom is 0.266 e. The van der Waals surface area contributed by atoms with E-state index in [2.05, 4.69) is 11.9 Å². The normalized spacial score (nSPS) is 17.6. The number of nitrogens with zero attached hydrogens (tertiary/aromatic N) is 2. The third kappa shape index (κ3) is 4.59. The maximum absolute atomic E-state index is 12.9. The molecule has 148 valence electrons. The Balaban J connectivity index is 1.75. The fraction of sp³-hybridized carbons (Fsp3) is 0.333. The van der Waals surface area contributed by atoms with Crippen molar-refractivity contribution in [2.24, 2.45) is 4.99 Å². The first-order chi connectivity index (χ1) is 13.7. The van der Waals surface area contributed by atoms with Crippen LogP contribution in [0.15, 0.2) is 53.5 Å². The third-order valence-corrected chi connectivity index (χ3v) is 5.53. The van der Waals surface area contributed by atoms with Gasteiger partial charge in [-0.15, -0.1) is 0 Å². The molecular weight excluding hydrogens is 376 g/mol. The minimum absolute atomic E-state index is 0.0704. The van der Waals surface area contributed by atoms with Crippen LogP contribution in [-0.2, 0) is 4.79 Å². The number of carbonyl (C=O) groups excluding carboxylic acids is 1. The summed E-state index contributed by atoms with van der Waals surface area (Å²) in [4.78, 5) is 19.4. The molecule has 1 amide bonds. The Hall–Kier alpha value is -2.67. The van der Waals surface area contributed by atoms with Crippen LogP contribution in [0.1, 0.15) is 13.3 Å². The number of thioether (sulfide) groups is 1. The van der Waals surface area contributed by atoms with Crippen molar-refractivity contribution >= 4 is 28.5 Å². The van der Waals surface area contributed by atoms with Gasteiger partial charge in [0.1, 0.15) is 5.75 Å². The van der Waals surface area contributed by atoms with E-state index in [1.807, 2.05) is 36.4 Å². The van der Waals surface area contributed by atoms with Crippen molar-refractivity contribution in [3.05, 3.63) is 48.5 Å². The molecule has 0 aliphatic carbocycles. The quantitative estimate of drug-likeness (QED) is 0.700. The first-order valence-corrected chi connectivity index (χ1v) is 10.1. The molecule has 1 heterocycles. The summed E-state index contributed by atoms with van der Waals surface area (Å²) in [6, 6.07) is 14.9. The number of hydrogen-bond acceptors (Lipinski definition) is 6. The Labute approximate surface area is 169 Å². The summed E-state index contributed by atoms with van der Waals surface area (Å²) in [6.45, 7) is 2.00. The van der Waals surface area contributed by atoms with Crippen LogP contribution in [0.5, 0.6) is 17.2 Å². The monoisotopic (exact) mass is 400 g/mol. The molecule has 1 saturated heterocycles. The van der Waals surface area contributed by atoms with Gasteiger partial charge in [-0.3, -0.25) is 9.69 Å². The molecule has 1 aliphatic rings. The Kier molecular flexibility index (Phi) is 6.81. The Morgan fingerprint density at radius 1 is 1.11 bits per heavy atom. The number of benzene rings is 2. The standard InChI is InChI=1S/C21H24N2O4S/c1-4-16-14-28-21(22-15-9-11-17(25-2)12-10-15)23(16)20(24)13-27-19-8-6-5-7-18(19)26-3/h5-12,16H,4,13-14H2,1-3H3/t16-/m0/s1. The molecule has 2 aromatic carbocycles. The maximum atomic E-state index is 12.9. The van der Waals surface area contributed by atoms with E-state index in [0.29, 0.717) is 16.7 Å². The fourth-order valence-corrected chi connectivity index (χ4v) is 4.17. The summed E-state index contributed by atoms with van der Waals surface area (Å²) in [5.41, 5.74) is 0.781. The molecule has 2 aromatic rings. The molecule has 0 N–H and O–H groups in total. The molecule has 0 bridgehead atoms. The van der Waals surface area contributed by atoms with Crippen molar-refractivity contribution in [2.75, 3.05) is 26.6 Å². The molecule has 28 heavy (non-hydrogen) atoms. The molecule has 1 aliphatic heterocycles. The number of methoxy groups -OCH3 is 2. The minimum Gasteiger partial charge on any atom is -0.497 e. The van der Waals surface area contributed by atoms with Gasteiger partial charge >= 0.3 is 0 Å². The predicted octanol–water partition coefficient (Wildman–Crippen LogP) is 4.12. The van der Waals surface area contributed by atoms with E-state index in [4.69, 9.17) is 14.2 Å². The lowest BCUT2D eigenvalue weighted by atomic mass is 10.2. The van der Waals surface area contributed by atoms with Crippen molar-refractivity contribution in [1.82, 2.24) is 4.90 Å². The first kappa shape index (κ1) is 20.1. The van der Waals surface area contributed by atoms with Crippen molar-refractivity contribution < 1.29 is 19.0 Å². The molecule has 0 radical (unpaired) electrons. The Morgan fingerprint density at radius 2 is 1.82 bits per heavy atom. The van der Waals surface area contributed by atoms with Gasteiger partial charge in [-0.25, -0.2) is 4.99 Å². The van der Waals surface area contributed by atoms with Crippen molar-refractivity contribution in [3.8, 4) is 17.2 Å². The molecule has 0 spiro atoms. The van der Waals surface area contributed by atoms with E-state index in [1.54, 1.807) is 43.0 Å². The van der Waals surface area contributed by atoms with E-state index in [1.165, 1.54) is 0 Å². The van der Waals surface area contributed by atoms with Gasteiger partial charge in [0.2, 0.25) is 0 Å². The second-order valence-corrected chi connectivity index (χ2v) is 7.16. The highest BCUT2D eigenvalue weighted by Crippen LogP contribution is 2.30. The van der Waals surface area contributed by atoms with Gasteiger partial charge in [-0.2, -0.15) is 0 Å². The third-order valence-electron chi connectivity index (χ3n) is 4.43. The molecule has 3 rings (SSSR count). The highest BCUT2D eigenvalue weighted by molar-refractivity contribution is 8.14. The molecular formula is C21H24N2O4S. The van der Waals surface area contributed by atoms with Gasteiger partial charge in [0.25, 0.3) is 5.91 Å². The topological polar surface area (TPSA) is 60.4 Å². The lowest BCUT2D eigenvalue weighted by Crippen LogP contribution is -2.41. The van der Waals surface area contributed by atoms with Gasteiger partial charge in [0, 0.05) is 11.8 Å². The summed E-state index contributed by atoms with van der Waals surface area (Å²) < 4.78 is 16.2. The number of aliphatic imine (C=N–C) groups is 1. The van der Waals surface area contributed by atoms with E-state index in [-0.39, 0.29) is 18.6 Å². The number of carbonyl (C=O) groups is 1. The van der Waals surface area contributed by atoms with Crippen molar-refractivity contribution in [2.45, 2.75) is 19.4 Å². The smallest absolute Gasteiger partial charge is 0.266 e. The summed E-state index contributed by atoms with van der Waals surface area (Å²) >= 11 is 1.59. The largest absolute Gasteiger partial charge is 0.497 e. The number of hydrogen-bond donors (Lipinski definition) is 0. The van der Waals surface area contributed by atoms with Crippen LogP contribution in [0.2, 0.25) is 0 Å². The molecule has 0 saturated carbocycles. The summed E-state index contributed by atoms with van der Waals surface area (Å²) in [5.74, 6) is 2.63. The van der Waals surface area contributed by atoms with Crippen LogP contribution in [0.3, 0.4) is 0 Å². The van der Waals surface area contributed by atoms with Gasteiger partial charge < -0.3 is 14.2 Å². The van der Waals surface area contributed by atoms with Gasteiger partial charge in [-0.1, -0.05) is 30.8 Å². The van der Waals surface area contributed by atoms with Gasteiger partial charge in [0.15, 0.2) is 23.3 Å². The summed E-state index contributed by atoms with van der Waals surface area (Å²) in [5, 5.41) is 0.700. The van der Waals surface area contributed by atoms with E-state index >= 15 is 0 Å². The number of para-hydroxylation sites is 2. The van der Waals surface area contributed by atoms with Crippen LogP contribution in [-0.4, -0.2) is 48.6 Å². The molecule has 7 heteroatoms. The molecule has 0 unspecified atom stereocenters. The fourth-order valence-electron chi connectivity index (χ4n) is 2.88. The van der Waals surface area contributed by atoms with Crippen molar-refractivity contribution in [3.63, 3.8) is 0 Å². The van der Waals surface area contributed by atoms with Crippen molar-refractivity contribution in [1.29, 1.82) is 0 Å². The Morgan fingerprint density at radius 3 is 2.46 bits per heavy atom. The molecule has 6 nitrogen and oxygen atoms in total. The zero-order valence-corrected chi connectivity index (χ0v) is 17.1. The lowest BCUT2D eigenvalue weighted by Gasteiger charge is -2.23. The van der Waals surface area contributed by atoms with Gasteiger partial charge in [-0.05, 0) is 42.8 Å². The van der Waals surface area contributed by atoms with Crippen LogP contribution in [0.4, 0.5) is 5.69 Å². The van der Waals surface area contributed by atoms with Crippen LogP contribution >= 0.6 is 11.8 Å². The number of amidine groups is 1. The minimum atomic E-state index is -0.116. The first-order valence-electron chi connectivity index (χ1n) is 9.09. The number of amides is 1. The van der Waals surface area contributed by atoms with Gasteiger partial charge in [0.05, 0.1) is 19.9 Å². The molecule has 1 atom stereocenters. The number of ether oxygens (including phenoxy) is 3. The highest BCUT2D eigenvalue weighted by atomic mass is 32.2. The second kappa shape index (κ2) is 9.50. The van der Waals surface area contributed by atoms with Crippen LogP contribution < -0.4 is 14.2 Å². The SMILES string of the molecule is CC[C@H]1CSC(=Nc2ccc(OC)cc2)N1C(=O)COc1ccccc1OC. The van der Waals surface area contributed by atoms with E-state index in [9.17, 15) is 4.79 Å². The zero-order chi connectivity index (χ0) is 19.9.